The van der Waals surface area contributed by atoms with Crippen LogP contribution in [0.3, 0.4) is 0 Å². The Bertz CT molecular complexity index is 351. The zero-order valence-corrected chi connectivity index (χ0v) is 8.74. The van der Waals surface area contributed by atoms with Gasteiger partial charge < -0.3 is 10.5 Å². The summed E-state index contributed by atoms with van der Waals surface area (Å²) >= 11 is 2.93. The van der Waals surface area contributed by atoms with E-state index in [4.69, 9.17) is 5.73 Å². The van der Waals surface area contributed by atoms with Crippen molar-refractivity contribution in [1.82, 2.24) is 0 Å². The SMILES string of the molecule is COc1c(C(F)(F)F)ccc(N)c1Br. The summed E-state index contributed by atoms with van der Waals surface area (Å²) in [7, 11) is 1.16. The number of nitrogens with two attached hydrogens (primary N) is 1. The van der Waals surface area contributed by atoms with Gasteiger partial charge in [0.25, 0.3) is 0 Å². The highest BCUT2D eigenvalue weighted by Gasteiger charge is 2.35. The van der Waals surface area contributed by atoms with Crippen LogP contribution in [0.4, 0.5) is 18.9 Å². The van der Waals surface area contributed by atoms with Crippen LogP contribution in [0.15, 0.2) is 16.6 Å². The third-order valence-electron chi connectivity index (χ3n) is 1.64. The lowest BCUT2D eigenvalue weighted by Gasteiger charge is -2.14. The number of nitrogen functional groups attached to an aromatic ring is 1. The van der Waals surface area contributed by atoms with E-state index in [0.717, 1.165) is 13.2 Å². The molecule has 0 unspecified atom stereocenters. The zero-order chi connectivity index (χ0) is 10.9. The van der Waals surface area contributed by atoms with E-state index in [-0.39, 0.29) is 15.9 Å². The second-order valence-electron chi connectivity index (χ2n) is 2.55. The molecule has 0 spiro atoms. The first-order valence-electron chi connectivity index (χ1n) is 3.57. The van der Waals surface area contributed by atoms with Crippen LogP contribution in [0.25, 0.3) is 0 Å². The second kappa shape index (κ2) is 3.68. The van der Waals surface area contributed by atoms with Gasteiger partial charge in [-0.25, -0.2) is 0 Å². The minimum absolute atomic E-state index is 0.120. The molecule has 2 nitrogen and oxygen atoms in total. The van der Waals surface area contributed by atoms with Gasteiger partial charge in [-0.15, -0.1) is 0 Å². The lowest BCUT2D eigenvalue weighted by Crippen LogP contribution is -2.08. The molecule has 0 fully saturated rings. The standard InChI is InChI=1S/C8H7BrF3NO/c1-14-7-4(8(10,11)12)2-3-5(13)6(7)9/h2-3H,13H2,1H3. The third kappa shape index (κ3) is 1.95. The zero-order valence-electron chi connectivity index (χ0n) is 7.15. The highest BCUT2D eigenvalue weighted by molar-refractivity contribution is 9.10. The Labute approximate surface area is 87.0 Å². The minimum Gasteiger partial charge on any atom is -0.495 e. The van der Waals surface area contributed by atoms with Gasteiger partial charge in [0.2, 0.25) is 0 Å². The minimum atomic E-state index is -4.44. The van der Waals surface area contributed by atoms with Crippen molar-refractivity contribution in [2.45, 2.75) is 6.18 Å². The molecule has 0 heterocycles. The normalized spacial score (nSPS) is 11.5. The van der Waals surface area contributed by atoms with Gasteiger partial charge >= 0.3 is 6.18 Å². The van der Waals surface area contributed by atoms with E-state index in [2.05, 4.69) is 20.7 Å². The molecule has 0 aromatic heterocycles. The van der Waals surface area contributed by atoms with E-state index < -0.39 is 11.7 Å². The van der Waals surface area contributed by atoms with Gasteiger partial charge in [0.1, 0.15) is 5.75 Å². The molecular formula is C8H7BrF3NO. The molecule has 0 atom stereocenters. The fourth-order valence-corrected chi connectivity index (χ4v) is 1.50. The number of methoxy groups -OCH3 is 1. The van der Waals surface area contributed by atoms with Gasteiger partial charge in [-0.2, -0.15) is 13.2 Å². The van der Waals surface area contributed by atoms with E-state index in [1.165, 1.54) is 6.07 Å². The van der Waals surface area contributed by atoms with E-state index in [0.29, 0.717) is 0 Å². The van der Waals surface area contributed by atoms with Gasteiger partial charge in [-0.3, -0.25) is 0 Å². The summed E-state index contributed by atoms with van der Waals surface area (Å²) in [5, 5.41) is 0. The molecule has 0 saturated heterocycles. The van der Waals surface area contributed by atoms with Gasteiger partial charge in [0.15, 0.2) is 0 Å². The molecular weight excluding hydrogens is 263 g/mol. The first-order chi connectivity index (χ1) is 6.38. The maximum absolute atomic E-state index is 12.4. The summed E-state index contributed by atoms with van der Waals surface area (Å²) in [4.78, 5) is 0. The van der Waals surface area contributed by atoms with Crippen LogP contribution in [0.2, 0.25) is 0 Å². The quantitative estimate of drug-likeness (QED) is 0.796. The smallest absolute Gasteiger partial charge is 0.420 e. The Kier molecular flexibility index (Phi) is 2.94. The Morgan fingerprint density at radius 3 is 2.36 bits per heavy atom. The van der Waals surface area contributed by atoms with Crippen molar-refractivity contribution >= 4 is 21.6 Å². The third-order valence-corrected chi connectivity index (χ3v) is 2.45. The first-order valence-corrected chi connectivity index (χ1v) is 4.36. The number of hydrogen-bond donors (Lipinski definition) is 1. The predicted octanol–water partition coefficient (Wildman–Crippen LogP) is 3.06. The predicted molar refractivity (Wildman–Crippen MR) is 50.1 cm³/mol. The Morgan fingerprint density at radius 2 is 1.93 bits per heavy atom. The Hall–Kier alpha value is -0.910. The van der Waals surface area contributed by atoms with Crippen LogP contribution in [-0.4, -0.2) is 7.11 Å². The van der Waals surface area contributed by atoms with E-state index in [1.54, 1.807) is 0 Å². The molecule has 0 amide bonds. The Morgan fingerprint density at radius 1 is 1.36 bits per heavy atom. The number of benzene rings is 1. The average Bonchev–Trinajstić information content (AvgIpc) is 2.07. The van der Waals surface area contributed by atoms with Crippen molar-refractivity contribution in [2.24, 2.45) is 0 Å². The number of halogens is 4. The van der Waals surface area contributed by atoms with Crippen LogP contribution in [0.1, 0.15) is 5.56 Å². The van der Waals surface area contributed by atoms with Crippen molar-refractivity contribution in [2.75, 3.05) is 12.8 Å². The molecule has 78 valence electrons. The lowest BCUT2D eigenvalue weighted by atomic mass is 10.2. The molecule has 1 aromatic carbocycles. The Balaban J connectivity index is 3.39. The van der Waals surface area contributed by atoms with E-state index >= 15 is 0 Å². The van der Waals surface area contributed by atoms with Crippen molar-refractivity contribution in [3.05, 3.63) is 22.2 Å². The average molecular weight is 270 g/mol. The van der Waals surface area contributed by atoms with Crippen molar-refractivity contribution in [1.29, 1.82) is 0 Å². The van der Waals surface area contributed by atoms with Gasteiger partial charge in [-0.1, -0.05) is 0 Å². The molecule has 2 N–H and O–H groups in total. The number of ether oxygens (including phenoxy) is 1. The highest BCUT2D eigenvalue weighted by Crippen LogP contribution is 2.42. The molecule has 0 aliphatic heterocycles. The molecule has 0 bridgehead atoms. The lowest BCUT2D eigenvalue weighted by molar-refractivity contribution is -0.138. The van der Waals surface area contributed by atoms with Gasteiger partial charge in [0.05, 0.1) is 17.1 Å². The summed E-state index contributed by atoms with van der Waals surface area (Å²) < 4.78 is 42.0. The number of alkyl halides is 3. The van der Waals surface area contributed by atoms with Crippen LogP contribution in [-0.2, 0) is 6.18 Å². The van der Waals surface area contributed by atoms with Gasteiger partial charge in [0, 0.05) is 5.69 Å². The maximum Gasteiger partial charge on any atom is 0.420 e. The maximum atomic E-state index is 12.4. The van der Waals surface area contributed by atoms with E-state index in [9.17, 15) is 13.2 Å². The van der Waals surface area contributed by atoms with Crippen LogP contribution < -0.4 is 10.5 Å². The van der Waals surface area contributed by atoms with Gasteiger partial charge in [-0.05, 0) is 28.1 Å². The molecule has 1 rings (SSSR count). The monoisotopic (exact) mass is 269 g/mol. The van der Waals surface area contributed by atoms with Crippen molar-refractivity contribution in [3.63, 3.8) is 0 Å². The number of anilines is 1. The summed E-state index contributed by atoms with van der Waals surface area (Å²) in [5.41, 5.74) is 4.77. The fourth-order valence-electron chi connectivity index (χ4n) is 0.994. The second-order valence-corrected chi connectivity index (χ2v) is 3.34. The topological polar surface area (TPSA) is 35.2 Å². The van der Waals surface area contributed by atoms with E-state index in [1.807, 2.05) is 0 Å². The molecule has 14 heavy (non-hydrogen) atoms. The summed E-state index contributed by atoms with van der Waals surface area (Å²) in [5.74, 6) is -0.294. The number of rotatable bonds is 1. The molecule has 6 heteroatoms. The first kappa shape index (κ1) is 11.2. The fraction of sp³-hybridized carbons (Fsp3) is 0.250. The molecule has 0 radical (unpaired) electrons. The summed E-state index contributed by atoms with van der Waals surface area (Å²) in [6, 6.07) is 2.06. The molecule has 0 aliphatic rings. The highest BCUT2D eigenvalue weighted by atomic mass is 79.9. The summed E-state index contributed by atoms with van der Waals surface area (Å²) in [6.07, 6.45) is -4.44. The molecule has 0 aliphatic carbocycles. The van der Waals surface area contributed by atoms with Crippen LogP contribution >= 0.6 is 15.9 Å². The largest absolute Gasteiger partial charge is 0.495 e. The molecule has 0 saturated carbocycles. The van der Waals surface area contributed by atoms with Crippen LogP contribution in [0, 0.1) is 0 Å². The summed E-state index contributed by atoms with van der Waals surface area (Å²) in [6.45, 7) is 0. The van der Waals surface area contributed by atoms with Crippen LogP contribution in [0.5, 0.6) is 5.75 Å². The molecule has 1 aromatic rings. The number of hydrogen-bond acceptors (Lipinski definition) is 2. The van der Waals surface area contributed by atoms with Crippen molar-refractivity contribution in [3.8, 4) is 5.75 Å². The van der Waals surface area contributed by atoms with Crippen molar-refractivity contribution < 1.29 is 17.9 Å².